The first-order valence-corrected chi connectivity index (χ1v) is 9.04. The Morgan fingerprint density at radius 1 is 1.19 bits per heavy atom. The molecule has 1 aromatic carbocycles. The summed E-state index contributed by atoms with van der Waals surface area (Å²) in [6.45, 7) is 2.11. The van der Waals surface area contributed by atoms with Gasteiger partial charge in [0.05, 0.1) is 5.69 Å². The average Bonchev–Trinajstić information content (AvgIpc) is 2.65. The number of hydrogen-bond acceptors (Lipinski definition) is 4. The van der Waals surface area contributed by atoms with Gasteiger partial charge in [-0.1, -0.05) is 49.7 Å². The van der Waals surface area contributed by atoms with Crippen molar-refractivity contribution in [2.75, 3.05) is 14.1 Å². The van der Waals surface area contributed by atoms with Crippen molar-refractivity contribution >= 4 is 5.91 Å². The summed E-state index contributed by atoms with van der Waals surface area (Å²) in [6.07, 6.45) is 2.80. The van der Waals surface area contributed by atoms with E-state index in [-0.39, 0.29) is 6.04 Å². The smallest absolute Gasteiger partial charge is 0.231 e. The fourth-order valence-electron chi connectivity index (χ4n) is 3.54. The van der Waals surface area contributed by atoms with Crippen LogP contribution in [0.25, 0.3) is 0 Å². The number of aliphatic hydroxyl groups excluding tert-OH is 1. The summed E-state index contributed by atoms with van der Waals surface area (Å²) in [5, 5.41) is 11.3. The topological polar surface area (TPSA) is 79.5 Å². The maximum atomic E-state index is 12.8. The number of aromatic nitrogens is 1. The molecule has 2 aromatic rings. The molecule has 5 heteroatoms. The fraction of sp³-hybridized carbons (Fsp3) is 0.429. The monoisotopic (exact) mass is 355 g/mol. The van der Waals surface area contributed by atoms with E-state index in [1.54, 1.807) is 24.4 Å². The third-order valence-electron chi connectivity index (χ3n) is 5.07. The molecule has 0 bridgehead atoms. The van der Waals surface area contributed by atoms with Crippen molar-refractivity contribution in [1.29, 1.82) is 0 Å². The molecule has 0 fully saturated rings. The van der Waals surface area contributed by atoms with E-state index in [1.807, 2.05) is 44.4 Å². The van der Waals surface area contributed by atoms with Crippen molar-refractivity contribution in [2.45, 2.75) is 43.7 Å². The largest absolute Gasteiger partial charge is 0.385 e. The lowest BCUT2D eigenvalue weighted by molar-refractivity contribution is -0.129. The SMILES string of the molecule is CCCC(CC(C(N)=O)(c1ccccc1)C(O)c1ccccn1)N(C)C. The molecule has 0 saturated carbocycles. The molecule has 3 N–H and O–H groups in total. The van der Waals surface area contributed by atoms with Crippen LogP contribution in [0, 0.1) is 0 Å². The fourth-order valence-corrected chi connectivity index (χ4v) is 3.54. The number of nitrogens with two attached hydrogens (primary N) is 1. The van der Waals surface area contributed by atoms with Crippen molar-refractivity contribution < 1.29 is 9.90 Å². The van der Waals surface area contributed by atoms with Gasteiger partial charge >= 0.3 is 0 Å². The molecule has 140 valence electrons. The van der Waals surface area contributed by atoms with Crippen molar-refractivity contribution in [3.05, 3.63) is 66.0 Å². The van der Waals surface area contributed by atoms with Crippen molar-refractivity contribution in [3.63, 3.8) is 0 Å². The molecule has 3 atom stereocenters. The third-order valence-corrected chi connectivity index (χ3v) is 5.07. The predicted octanol–water partition coefficient (Wildman–Crippen LogP) is 2.66. The van der Waals surface area contributed by atoms with Gasteiger partial charge in [-0.15, -0.1) is 0 Å². The van der Waals surface area contributed by atoms with E-state index >= 15 is 0 Å². The Morgan fingerprint density at radius 3 is 2.35 bits per heavy atom. The number of amides is 1. The minimum Gasteiger partial charge on any atom is -0.385 e. The molecule has 0 radical (unpaired) electrons. The zero-order valence-electron chi connectivity index (χ0n) is 15.8. The van der Waals surface area contributed by atoms with Gasteiger partial charge in [-0.3, -0.25) is 9.78 Å². The number of rotatable bonds is 9. The number of carbonyl (C=O) groups is 1. The second-order valence-corrected chi connectivity index (χ2v) is 6.97. The molecular weight excluding hydrogens is 326 g/mol. The Bertz CT molecular complexity index is 691. The summed E-state index contributed by atoms with van der Waals surface area (Å²) < 4.78 is 0. The van der Waals surface area contributed by atoms with Crippen molar-refractivity contribution in [3.8, 4) is 0 Å². The average molecular weight is 355 g/mol. The Kier molecular flexibility index (Phi) is 6.89. The summed E-state index contributed by atoms with van der Waals surface area (Å²) >= 11 is 0. The van der Waals surface area contributed by atoms with Crippen LogP contribution in [-0.4, -0.2) is 41.0 Å². The van der Waals surface area contributed by atoms with Crippen LogP contribution in [-0.2, 0) is 10.2 Å². The van der Waals surface area contributed by atoms with Gasteiger partial charge in [0.15, 0.2) is 0 Å². The molecule has 26 heavy (non-hydrogen) atoms. The Labute approximate surface area is 155 Å². The van der Waals surface area contributed by atoms with E-state index in [0.717, 1.165) is 12.8 Å². The molecule has 0 aliphatic rings. The zero-order valence-corrected chi connectivity index (χ0v) is 15.8. The van der Waals surface area contributed by atoms with Gasteiger partial charge in [-0.05, 0) is 44.6 Å². The van der Waals surface area contributed by atoms with Gasteiger partial charge < -0.3 is 15.7 Å². The minimum atomic E-state index is -1.25. The second kappa shape index (κ2) is 8.92. The predicted molar refractivity (Wildman–Crippen MR) is 104 cm³/mol. The van der Waals surface area contributed by atoms with Crippen LogP contribution >= 0.6 is 0 Å². The highest BCUT2D eigenvalue weighted by Gasteiger charge is 2.48. The molecule has 1 amide bonds. The Balaban J connectivity index is 2.60. The van der Waals surface area contributed by atoms with E-state index < -0.39 is 17.4 Å². The van der Waals surface area contributed by atoms with E-state index in [9.17, 15) is 9.90 Å². The molecule has 5 nitrogen and oxygen atoms in total. The zero-order chi connectivity index (χ0) is 19.2. The maximum absolute atomic E-state index is 12.8. The number of hydrogen-bond donors (Lipinski definition) is 2. The summed E-state index contributed by atoms with van der Waals surface area (Å²) in [5.41, 5.74) is 5.86. The number of benzene rings is 1. The van der Waals surface area contributed by atoms with Gasteiger partial charge in [-0.2, -0.15) is 0 Å². The van der Waals surface area contributed by atoms with E-state index in [1.165, 1.54) is 0 Å². The van der Waals surface area contributed by atoms with Gasteiger partial charge in [-0.25, -0.2) is 0 Å². The quantitative estimate of drug-likeness (QED) is 0.725. The van der Waals surface area contributed by atoms with E-state index in [0.29, 0.717) is 17.7 Å². The number of carbonyl (C=O) groups excluding carboxylic acids is 1. The van der Waals surface area contributed by atoms with Crippen molar-refractivity contribution in [1.82, 2.24) is 9.88 Å². The first kappa shape index (κ1) is 20.1. The molecule has 1 heterocycles. The highest BCUT2D eigenvalue weighted by molar-refractivity contribution is 5.87. The van der Waals surface area contributed by atoms with Gasteiger partial charge in [0, 0.05) is 12.2 Å². The lowest BCUT2D eigenvalue weighted by Crippen LogP contribution is -2.50. The molecule has 1 aromatic heterocycles. The first-order chi connectivity index (χ1) is 12.4. The van der Waals surface area contributed by atoms with Crippen LogP contribution in [0.15, 0.2) is 54.7 Å². The molecule has 0 saturated heterocycles. The first-order valence-electron chi connectivity index (χ1n) is 9.04. The molecule has 0 aliphatic heterocycles. The van der Waals surface area contributed by atoms with Crippen LogP contribution in [0.2, 0.25) is 0 Å². The summed E-state index contributed by atoms with van der Waals surface area (Å²) in [6, 6.07) is 14.7. The summed E-state index contributed by atoms with van der Waals surface area (Å²) in [5.74, 6) is -0.537. The third kappa shape index (κ3) is 4.11. The molecule has 0 aliphatic carbocycles. The Hall–Kier alpha value is -2.24. The van der Waals surface area contributed by atoms with Gasteiger partial charge in [0.1, 0.15) is 11.5 Å². The van der Waals surface area contributed by atoms with Crippen LogP contribution in [0.3, 0.4) is 0 Å². The van der Waals surface area contributed by atoms with Crippen molar-refractivity contribution in [2.24, 2.45) is 5.73 Å². The lowest BCUT2D eigenvalue weighted by Gasteiger charge is -2.40. The summed E-state index contributed by atoms with van der Waals surface area (Å²) in [7, 11) is 3.98. The summed E-state index contributed by atoms with van der Waals surface area (Å²) in [4.78, 5) is 19.2. The standard InChI is InChI=1S/C21H29N3O2/c1-4-10-17(24(2)3)15-21(20(22)26,16-11-6-5-7-12-16)19(25)18-13-8-9-14-23-18/h5-9,11-14,17,19,25H,4,10,15H2,1-3H3,(H2,22,26). The number of pyridine rings is 1. The molecule has 3 unspecified atom stereocenters. The molecule has 0 spiro atoms. The number of nitrogens with zero attached hydrogens (tertiary/aromatic N) is 2. The van der Waals surface area contributed by atoms with Crippen LogP contribution in [0.4, 0.5) is 0 Å². The van der Waals surface area contributed by atoms with Gasteiger partial charge in [0.25, 0.3) is 0 Å². The van der Waals surface area contributed by atoms with Gasteiger partial charge in [0.2, 0.25) is 5.91 Å². The molecule has 2 rings (SSSR count). The van der Waals surface area contributed by atoms with Crippen LogP contribution in [0.5, 0.6) is 0 Å². The highest BCUT2D eigenvalue weighted by atomic mass is 16.3. The minimum absolute atomic E-state index is 0.103. The van der Waals surface area contributed by atoms with E-state index in [2.05, 4.69) is 16.8 Å². The number of aliphatic hydroxyl groups is 1. The van der Waals surface area contributed by atoms with E-state index in [4.69, 9.17) is 5.73 Å². The normalized spacial score (nSPS) is 16.0. The second-order valence-electron chi connectivity index (χ2n) is 6.97. The Morgan fingerprint density at radius 2 is 1.85 bits per heavy atom. The van der Waals surface area contributed by atoms with Crippen LogP contribution < -0.4 is 5.73 Å². The lowest BCUT2D eigenvalue weighted by atomic mass is 9.69. The highest BCUT2D eigenvalue weighted by Crippen LogP contribution is 2.42. The van der Waals surface area contributed by atoms with Crippen LogP contribution in [0.1, 0.15) is 43.5 Å². The molecular formula is C21H29N3O2. The number of primary amides is 1. The maximum Gasteiger partial charge on any atom is 0.231 e.